The van der Waals surface area contributed by atoms with Gasteiger partial charge < -0.3 is 10.3 Å². The van der Waals surface area contributed by atoms with Crippen LogP contribution in [0.15, 0.2) is 28.8 Å². The molecule has 0 unspecified atom stereocenters. The number of aromatic nitrogens is 1. The molecule has 2 rings (SSSR count). The zero-order chi connectivity index (χ0) is 10.1. The van der Waals surface area contributed by atoms with Crippen molar-refractivity contribution in [3.8, 4) is 11.3 Å². The highest BCUT2D eigenvalue weighted by atomic mass is 35.5. The maximum absolute atomic E-state index is 5.84. The highest BCUT2D eigenvalue weighted by molar-refractivity contribution is 6.30. The third-order valence-corrected chi connectivity index (χ3v) is 2.22. The number of halogens is 1. The van der Waals surface area contributed by atoms with E-state index >= 15 is 0 Å². The van der Waals surface area contributed by atoms with E-state index in [-0.39, 0.29) is 0 Å². The predicted octanol–water partition coefficient (Wildman–Crippen LogP) is 2.89. The summed E-state index contributed by atoms with van der Waals surface area (Å²) in [4.78, 5) is 0. The van der Waals surface area contributed by atoms with Crippen LogP contribution >= 0.6 is 11.6 Å². The van der Waals surface area contributed by atoms with E-state index in [1.165, 1.54) is 0 Å². The molecular formula is C10H9ClN2O. The molecule has 0 saturated heterocycles. The Labute approximate surface area is 86.5 Å². The van der Waals surface area contributed by atoms with Crippen molar-refractivity contribution < 1.29 is 4.52 Å². The minimum atomic E-state index is 0.384. The molecular weight excluding hydrogens is 200 g/mol. The molecule has 0 aliphatic rings. The summed E-state index contributed by atoms with van der Waals surface area (Å²) >= 11 is 5.84. The summed E-state index contributed by atoms with van der Waals surface area (Å²) in [6.45, 7) is 1.96. The minimum Gasteiger partial charge on any atom is -0.381 e. The summed E-state index contributed by atoms with van der Waals surface area (Å²) in [6.07, 6.45) is 0. The van der Waals surface area contributed by atoms with E-state index < -0.39 is 0 Å². The number of nitrogens with zero attached hydrogens (tertiary/aromatic N) is 1. The molecule has 2 aromatic rings. The molecule has 1 aromatic heterocycles. The Bertz CT molecular complexity index is 465. The van der Waals surface area contributed by atoms with Crippen molar-refractivity contribution >= 4 is 17.4 Å². The lowest BCUT2D eigenvalue weighted by Crippen LogP contribution is -1.81. The van der Waals surface area contributed by atoms with Crippen LogP contribution in [0.4, 0.5) is 5.82 Å². The van der Waals surface area contributed by atoms with E-state index in [0.717, 1.165) is 11.1 Å². The summed E-state index contributed by atoms with van der Waals surface area (Å²) in [6, 6.07) is 7.26. The van der Waals surface area contributed by atoms with Crippen LogP contribution in [-0.4, -0.2) is 5.16 Å². The third kappa shape index (κ3) is 1.59. The molecule has 0 saturated carbocycles. The molecule has 0 atom stereocenters. The Morgan fingerprint density at radius 1 is 1.36 bits per heavy atom. The first kappa shape index (κ1) is 9.09. The number of benzene rings is 1. The fourth-order valence-corrected chi connectivity index (χ4v) is 1.55. The average Bonchev–Trinajstić information content (AvgIpc) is 2.51. The monoisotopic (exact) mass is 208 g/mol. The highest BCUT2D eigenvalue weighted by Crippen LogP contribution is 2.26. The van der Waals surface area contributed by atoms with E-state index in [1.807, 2.05) is 25.1 Å². The average molecular weight is 209 g/mol. The molecule has 0 spiro atoms. The summed E-state index contributed by atoms with van der Waals surface area (Å²) < 4.78 is 5.05. The first-order valence-corrected chi connectivity index (χ1v) is 4.53. The Balaban J connectivity index is 2.52. The minimum absolute atomic E-state index is 0.384. The topological polar surface area (TPSA) is 52.0 Å². The third-order valence-electron chi connectivity index (χ3n) is 1.98. The molecule has 0 fully saturated rings. The van der Waals surface area contributed by atoms with E-state index in [2.05, 4.69) is 5.16 Å². The van der Waals surface area contributed by atoms with Crippen molar-refractivity contribution in [3.05, 3.63) is 34.9 Å². The number of hydrogen-bond acceptors (Lipinski definition) is 3. The number of anilines is 1. The van der Waals surface area contributed by atoms with E-state index in [9.17, 15) is 0 Å². The zero-order valence-electron chi connectivity index (χ0n) is 7.62. The molecule has 0 aliphatic heterocycles. The number of nitrogens with two attached hydrogens (primary N) is 1. The molecule has 0 radical (unpaired) electrons. The summed E-state index contributed by atoms with van der Waals surface area (Å²) in [5.74, 6) is 1.05. The van der Waals surface area contributed by atoms with Crippen LogP contribution in [0.1, 0.15) is 5.56 Å². The molecule has 0 aliphatic carbocycles. The Kier molecular flexibility index (Phi) is 2.17. The second-order valence-electron chi connectivity index (χ2n) is 3.08. The Hall–Kier alpha value is -1.48. The van der Waals surface area contributed by atoms with Gasteiger partial charge in [-0.3, -0.25) is 0 Å². The van der Waals surface area contributed by atoms with Crippen molar-refractivity contribution in [1.82, 2.24) is 5.16 Å². The van der Waals surface area contributed by atoms with Gasteiger partial charge in [0.05, 0.1) is 0 Å². The van der Waals surface area contributed by atoms with E-state index in [1.54, 1.807) is 6.07 Å². The van der Waals surface area contributed by atoms with Gasteiger partial charge in [0.2, 0.25) is 0 Å². The van der Waals surface area contributed by atoms with Gasteiger partial charge in [-0.25, -0.2) is 0 Å². The fraction of sp³-hybridized carbons (Fsp3) is 0.100. The van der Waals surface area contributed by atoms with Gasteiger partial charge >= 0.3 is 0 Å². The van der Waals surface area contributed by atoms with Crippen LogP contribution in [0.3, 0.4) is 0 Å². The van der Waals surface area contributed by atoms with Gasteiger partial charge in [-0.1, -0.05) is 16.8 Å². The van der Waals surface area contributed by atoms with Crippen molar-refractivity contribution in [2.75, 3.05) is 5.73 Å². The lowest BCUT2D eigenvalue weighted by Gasteiger charge is -2.00. The van der Waals surface area contributed by atoms with Crippen LogP contribution in [0.5, 0.6) is 0 Å². The largest absolute Gasteiger partial charge is 0.381 e. The number of rotatable bonds is 1. The van der Waals surface area contributed by atoms with Crippen LogP contribution in [0, 0.1) is 6.92 Å². The molecule has 1 heterocycles. The standard InChI is InChI=1S/C10H9ClN2O/c1-6-4-7(11)2-3-8(6)9-5-10(12)13-14-9/h2-5H,1H3,(H2,12,13). The van der Waals surface area contributed by atoms with Crippen molar-refractivity contribution in [2.24, 2.45) is 0 Å². The second kappa shape index (κ2) is 3.35. The summed E-state index contributed by atoms with van der Waals surface area (Å²) in [5.41, 5.74) is 7.46. The molecule has 4 heteroatoms. The van der Waals surface area contributed by atoms with Gasteiger partial charge in [0.15, 0.2) is 11.6 Å². The molecule has 72 valence electrons. The lowest BCUT2D eigenvalue weighted by atomic mass is 10.1. The van der Waals surface area contributed by atoms with Gasteiger partial charge in [0.1, 0.15) is 0 Å². The fourth-order valence-electron chi connectivity index (χ4n) is 1.32. The molecule has 0 bridgehead atoms. The van der Waals surface area contributed by atoms with E-state index in [0.29, 0.717) is 16.6 Å². The first-order chi connectivity index (χ1) is 6.66. The lowest BCUT2D eigenvalue weighted by molar-refractivity contribution is 0.435. The van der Waals surface area contributed by atoms with Gasteiger partial charge in [0, 0.05) is 16.7 Å². The normalized spacial score (nSPS) is 10.4. The van der Waals surface area contributed by atoms with Crippen LogP contribution in [0.2, 0.25) is 5.02 Å². The van der Waals surface area contributed by atoms with Crippen LogP contribution in [-0.2, 0) is 0 Å². The van der Waals surface area contributed by atoms with Crippen molar-refractivity contribution in [2.45, 2.75) is 6.92 Å². The second-order valence-corrected chi connectivity index (χ2v) is 3.51. The molecule has 0 amide bonds. The quantitative estimate of drug-likeness (QED) is 0.784. The van der Waals surface area contributed by atoms with Gasteiger partial charge in [-0.15, -0.1) is 0 Å². The van der Waals surface area contributed by atoms with Gasteiger partial charge in [0.25, 0.3) is 0 Å². The number of hydrogen-bond donors (Lipinski definition) is 1. The first-order valence-electron chi connectivity index (χ1n) is 4.15. The maximum Gasteiger partial charge on any atom is 0.169 e. The predicted molar refractivity (Wildman–Crippen MR) is 56.1 cm³/mol. The molecule has 2 N–H and O–H groups in total. The van der Waals surface area contributed by atoms with Gasteiger partial charge in [-0.2, -0.15) is 0 Å². The van der Waals surface area contributed by atoms with Crippen molar-refractivity contribution in [1.29, 1.82) is 0 Å². The Morgan fingerprint density at radius 3 is 2.71 bits per heavy atom. The van der Waals surface area contributed by atoms with Gasteiger partial charge in [-0.05, 0) is 30.7 Å². The highest BCUT2D eigenvalue weighted by Gasteiger charge is 2.07. The Morgan fingerprint density at radius 2 is 2.14 bits per heavy atom. The number of nitrogen functional groups attached to an aromatic ring is 1. The smallest absolute Gasteiger partial charge is 0.169 e. The van der Waals surface area contributed by atoms with E-state index in [4.69, 9.17) is 21.9 Å². The number of aryl methyl sites for hydroxylation is 1. The summed E-state index contributed by atoms with van der Waals surface area (Å²) in [5, 5.41) is 4.33. The molecule has 1 aromatic carbocycles. The SMILES string of the molecule is Cc1cc(Cl)ccc1-c1cc(N)no1. The molecule has 3 nitrogen and oxygen atoms in total. The van der Waals surface area contributed by atoms with Crippen molar-refractivity contribution in [3.63, 3.8) is 0 Å². The van der Waals surface area contributed by atoms with Crippen LogP contribution in [0.25, 0.3) is 11.3 Å². The van der Waals surface area contributed by atoms with Crippen LogP contribution < -0.4 is 5.73 Å². The summed E-state index contributed by atoms with van der Waals surface area (Å²) in [7, 11) is 0. The zero-order valence-corrected chi connectivity index (χ0v) is 8.38. The molecule has 14 heavy (non-hydrogen) atoms. The maximum atomic E-state index is 5.84.